The molecule has 0 radical (unpaired) electrons. The Morgan fingerprint density at radius 3 is 2.18 bits per heavy atom. The maximum absolute atomic E-state index is 6.57. The molecule has 0 N–H and O–H groups in total. The molecule has 7 aromatic rings. The largest absolute Gasteiger partial charge is 4.00 e. The summed E-state index contributed by atoms with van der Waals surface area (Å²) in [6, 6.07) is 53.6. The summed E-state index contributed by atoms with van der Waals surface area (Å²) in [5, 5.41) is 2.03. The van der Waals surface area contributed by atoms with Gasteiger partial charge in [0.05, 0.1) is 0 Å². The van der Waals surface area contributed by atoms with Crippen molar-refractivity contribution in [3.8, 4) is 51.4 Å². The van der Waals surface area contributed by atoms with Gasteiger partial charge in [0.2, 0.25) is 0 Å². The Bertz CT molecular complexity index is 2270. The van der Waals surface area contributed by atoms with E-state index in [2.05, 4.69) is 53.5 Å². The Kier molecular flexibility index (Phi) is 12.7. The third kappa shape index (κ3) is 9.27. The van der Waals surface area contributed by atoms with E-state index in [1.54, 1.807) is 23.2 Å². The number of fused-ring (bicyclic) bond motifs is 1. The molecule has 0 fully saturated rings. The molecule has 1 aliphatic rings. The van der Waals surface area contributed by atoms with Crippen LogP contribution in [0.25, 0.3) is 33.2 Å². The fraction of sp³-hybridized carbons (Fsp3) is 0.0233. The fourth-order valence-electron chi connectivity index (χ4n) is 5.10. The van der Waals surface area contributed by atoms with Crippen molar-refractivity contribution in [2.75, 3.05) is 11.9 Å². The van der Waals surface area contributed by atoms with Gasteiger partial charge in [-0.1, -0.05) is 41.5 Å². The summed E-state index contributed by atoms with van der Waals surface area (Å²) in [7, 11) is 1.99. The van der Waals surface area contributed by atoms with Crippen LogP contribution in [0.3, 0.4) is 0 Å². The van der Waals surface area contributed by atoms with Gasteiger partial charge in [0.1, 0.15) is 0 Å². The van der Waals surface area contributed by atoms with Gasteiger partial charge < -0.3 is 35.2 Å². The van der Waals surface area contributed by atoms with Crippen molar-refractivity contribution in [1.29, 1.82) is 0 Å². The van der Waals surface area contributed by atoms with Crippen molar-refractivity contribution in [3.63, 3.8) is 0 Å². The molecule has 0 amide bonds. The molecule has 1 aliphatic heterocycles. The molecule has 5 aromatic carbocycles. The number of anilines is 1. The Morgan fingerprint density at radius 2 is 1.45 bits per heavy atom. The number of nitrogens with zero attached hydrogens (tertiary/aromatic N) is 4. The molecular weight excluding hydrogens is 995 g/mol. The van der Waals surface area contributed by atoms with Crippen molar-refractivity contribution in [2.24, 2.45) is 0 Å². The maximum Gasteiger partial charge on any atom is 4.00 e. The molecule has 6 nitrogen and oxygen atoms in total. The summed E-state index contributed by atoms with van der Waals surface area (Å²) in [4.78, 5) is 8.58. The summed E-state index contributed by atoms with van der Waals surface area (Å²) < 4.78 is 13.9. The first-order valence-corrected chi connectivity index (χ1v) is 15.4. The number of rotatable bonds is 7. The van der Waals surface area contributed by atoms with Gasteiger partial charge in [-0.2, -0.15) is 37.0 Å². The van der Waals surface area contributed by atoms with Gasteiger partial charge >= 0.3 is 21.1 Å². The Balaban J connectivity index is 0.000000503. The van der Waals surface area contributed by atoms with Crippen molar-refractivity contribution >= 4 is 16.5 Å². The van der Waals surface area contributed by atoms with Crippen LogP contribution in [0.2, 0.25) is 0 Å². The number of aromatic nitrogens is 2. The third-order valence-electron chi connectivity index (χ3n) is 7.44. The van der Waals surface area contributed by atoms with Crippen LogP contribution in [-0.2, 0) is 42.1 Å². The molecule has 0 spiro atoms. The number of pyridine rings is 1. The molecule has 0 unspecified atom stereocenters. The normalized spacial score (nSPS) is 11.5. The van der Waals surface area contributed by atoms with E-state index in [1.165, 1.54) is 0 Å². The van der Waals surface area contributed by atoms with E-state index in [4.69, 9.17) is 15.9 Å². The van der Waals surface area contributed by atoms with Gasteiger partial charge in [-0.3, -0.25) is 11.1 Å². The number of hydrogen-bond acceptors (Lipinski definition) is 5. The Morgan fingerprint density at radius 1 is 0.725 bits per heavy atom. The van der Waals surface area contributed by atoms with Crippen molar-refractivity contribution in [1.82, 2.24) is 14.5 Å². The van der Waals surface area contributed by atoms with E-state index >= 15 is 0 Å². The minimum atomic E-state index is 0. The second-order valence-electron chi connectivity index (χ2n) is 10.9. The Labute approximate surface area is 327 Å². The first-order valence-electron chi connectivity index (χ1n) is 15.4. The average Bonchev–Trinajstić information content (AvgIpc) is 3.85. The van der Waals surface area contributed by atoms with E-state index in [-0.39, 0.29) is 42.1 Å². The fourth-order valence-corrected chi connectivity index (χ4v) is 5.10. The summed E-state index contributed by atoms with van der Waals surface area (Å²) in [6.07, 6.45) is 15.7. The van der Waals surface area contributed by atoms with E-state index in [0.717, 1.165) is 38.8 Å². The molecule has 254 valence electrons. The predicted octanol–water partition coefficient (Wildman–Crippen LogP) is 9.38. The number of ether oxygens (including phenoxy) is 2. The molecule has 3 heterocycles. The number of benzene rings is 5. The van der Waals surface area contributed by atoms with Gasteiger partial charge in [0.25, 0.3) is 0 Å². The van der Waals surface area contributed by atoms with Crippen LogP contribution in [0.5, 0.6) is 23.0 Å². The van der Waals surface area contributed by atoms with Crippen LogP contribution in [0, 0.1) is 49.5 Å². The molecule has 0 saturated heterocycles. The first kappa shape index (κ1) is 36.9. The van der Waals surface area contributed by atoms with E-state index < -0.39 is 0 Å². The zero-order valence-corrected chi connectivity index (χ0v) is 31.6. The maximum atomic E-state index is 6.57. The molecule has 0 aliphatic carbocycles. The van der Waals surface area contributed by atoms with Crippen LogP contribution in [0.4, 0.5) is 5.69 Å². The summed E-state index contributed by atoms with van der Waals surface area (Å²) >= 11 is 0. The quantitative estimate of drug-likeness (QED) is 0.118. The minimum absolute atomic E-state index is 0. The minimum Gasteiger partial charge on any atom is -0.669 e. The topological polar surface area (TPSA) is 42.8 Å². The van der Waals surface area contributed by atoms with Crippen LogP contribution in [0.15, 0.2) is 140 Å². The van der Waals surface area contributed by atoms with Crippen LogP contribution in [0.1, 0.15) is 0 Å². The van der Waals surface area contributed by atoms with Gasteiger partial charge in [-0.25, -0.2) is 24.2 Å². The van der Waals surface area contributed by atoms with Gasteiger partial charge in [0.15, 0.2) is 0 Å². The predicted molar refractivity (Wildman–Crippen MR) is 190 cm³/mol. The molecule has 51 heavy (non-hydrogen) atoms. The SMILES string of the molecule is CN1C=CN(c2[c-]c(Oc3[c-]c(-c4cc(-c5[c-]c(Oc6[c-]cccc6)ccc5)[c-]cn4)ccc3)c3ccccc3c2)[CH-]1.[C-]#Cn1cccc1.[Pt+4].[Pt]. The van der Waals surface area contributed by atoms with Crippen LogP contribution >= 0.6 is 0 Å². The standard InChI is InChI=1S/C37H23N3O2.C6H4N.2Pt/c1-39-19-20-40(26-39)31-21-29-9-5-6-16-35(29)37(25-31)42-34-15-8-11-30(23-34)36-24-28(17-18-38-36)27-10-7-14-33(22-27)41-32-12-3-2-4-13-32;1-2-7-5-3-4-6-7;;/h2-12,14-16,18-21,24,26H,1H3;3-6H;;/q-6;-1;;+4. The molecule has 0 saturated carbocycles. The zero-order valence-electron chi connectivity index (χ0n) is 27.1. The third-order valence-corrected chi connectivity index (χ3v) is 7.44. The average molecular weight is 1020 g/mol. The number of hydrogen-bond donors (Lipinski definition) is 0. The summed E-state index contributed by atoms with van der Waals surface area (Å²) in [5.41, 5.74) is 4.11. The molecule has 8 heteroatoms. The smallest absolute Gasteiger partial charge is 0.669 e. The summed E-state index contributed by atoms with van der Waals surface area (Å²) in [6.45, 7) is 1.99. The van der Waals surface area contributed by atoms with Crippen LogP contribution < -0.4 is 14.4 Å². The first-order chi connectivity index (χ1) is 24.1. The molecule has 0 bridgehead atoms. The van der Waals surface area contributed by atoms with Crippen LogP contribution in [-0.4, -0.2) is 21.5 Å². The number of para-hydroxylation sites is 1. The van der Waals surface area contributed by atoms with Gasteiger partial charge in [0, 0.05) is 56.5 Å². The monoisotopic (exact) mass is 1020 g/mol. The molecular formula is C43H27N4O2Pt2-3. The second kappa shape index (κ2) is 17.5. The Hall–Kier alpha value is -5.33. The van der Waals surface area contributed by atoms with Gasteiger partial charge in [-0.15, -0.1) is 71.2 Å². The zero-order chi connectivity index (χ0) is 33.4. The van der Waals surface area contributed by atoms with E-state index in [1.807, 2.05) is 133 Å². The van der Waals surface area contributed by atoms with E-state index in [0.29, 0.717) is 23.0 Å². The summed E-state index contributed by atoms with van der Waals surface area (Å²) in [5.74, 6) is 2.43. The van der Waals surface area contributed by atoms with Gasteiger partial charge in [-0.05, 0) is 31.6 Å². The molecule has 2 aromatic heterocycles. The molecule has 0 atom stereocenters. The van der Waals surface area contributed by atoms with Crippen molar-refractivity contribution in [3.05, 3.63) is 184 Å². The molecule has 8 rings (SSSR count). The van der Waals surface area contributed by atoms with Crippen molar-refractivity contribution < 1.29 is 51.6 Å². The van der Waals surface area contributed by atoms with E-state index in [9.17, 15) is 0 Å². The van der Waals surface area contributed by atoms with Crippen molar-refractivity contribution in [2.45, 2.75) is 0 Å². The second-order valence-corrected chi connectivity index (χ2v) is 10.9.